The van der Waals surface area contributed by atoms with E-state index in [-0.39, 0.29) is 11.9 Å². The Hall–Kier alpha value is -5.23. The molecule has 1 N–H and O–H groups in total. The van der Waals surface area contributed by atoms with Gasteiger partial charge in [-0.2, -0.15) is 0 Å². The largest absolute Gasteiger partial charge is 0.457 e. The molecule has 9 nitrogen and oxygen atoms in total. The fourth-order valence-corrected chi connectivity index (χ4v) is 5.01. The summed E-state index contributed by atoms with van der Waals surface area (Å²) in [4.78, 5) is 32.0. The average Bonchev–Trinajstić information content (AvgIpc) is 3.37. The van der Waals surface area contributed by atoms with Gasteiger partial charge in [0.2, 0.25) is 5.91 Å². The number of amides is 1. The van der Waals surface area contributed by atoms with E-state index in [1.165, 1.54) is 12.4 Å². The van der Waals surface area contributed by atoms with Crippen molar-refractivity contribution in [2.45, 2.75) is 32.2 Å². The van der Waals surface area contributed by atoms with Gasteiger partial charge in [-0.15, -0.1) is 0 Å². The molecule has 2 aromatic carbocycles. The maximum atomic E-state index is 12.3. The van der Waals surface area contributed by atoms with E-state index in [2.05, 4.69) is 38.7 Å². The molecule has 41 heavy (non-hydrogen) atoms. The smallest absolute Gasteiger partial charge is 0.246 e. The van der Waals surface area contributed by atoms with Crippen molar-refractivity contribution >= 4 is 39.5 Å². The van der Waals surface area contributed by atoms with Crippen LogP contribution in [0.15, 0.2) is 73.8 Å². The van der Waals surface area contributed by atoms with E-state index in [9.17, 15) is 4.79 Å². The highest BCUT2D eigenvalue weighted by Crippen LogP contribution is 2.31. The number of ether oxygens (including phenoxy) is 1. The van der Waals surface area contributed by atoms with Crippen molar-refractivity contribution in [3.05, 3.63) is 85.1 Å². The predicted molar refractivity (Wildman–Crippen MR) is 159 cm³/mol. The van der Waals surface area contributed by atoms with Crippen LogP contribution in [-0.4, -0.2) is 47.9 Å². The second-order valence-electron chi connectivity index (χ2n) is 10.0. The maximum Gasteiger partial charge on any atom is 0.246 e. The SMILES string of the molecule is C=CC(=O)N1CCCC[C@@H]1C#Cc1ccc2ncnc(Nc3ccc(Oc4ccc5c(c4)ncn5C)c(C)c3)c2n1. The molecule has 4 heterocycles. The second-order valence-corrected chi connectivity index (χ2v) is 10.0. The van der Waals surface area contributed by atoms with Crippen molar-refractivity contribution in [1.82, 2.24) is 29.4 Å². The molecule has 1 amide bonds. The predicted octanol–water partition coefficient (Wildman–Crippen LogP) is 5.67. The average molecular weight is 544 g/mol. The Morgan fingerprint density at radius 3 is 2.85 bits per heavy atom. The van der Waals surface area contributed by atoms with E-state index in [0.717, 1.165) is 53.0 Å². The lowest BCUT2D eigenvalue weighted by atomic mass is 10.0. The van der Waals surface area contributed by atoms with Crippen LogP contribution in [0.25, 0.3) is 22.1 Å². The summed E-state index contributed by atoms with van der Waals surface area (Å²) in [7, 11) is 1.97. The molecule has 3 aromatic heterocycles. The van der Waals surface area contributed by atoms with Gasteiger partial charge < -0.3 is 19.5 Å². The summed E-state index contributed by atoms with van der Waals surface area (Å²) in [6.07, 6.45) is 7.51. The molecule has 204 valence electrons. The summed E-state index contributed by atoms with van der Waals surface area (Å²) in [5.41, 5.74) is 5.65. The number of aromatic nitrogens is 5. The highest BCUT2D eigenvalue weighted by atomic mass is 16.5. The van der Waals surface area contributed by atoms with Gasteiger partial charge >= 0.3 is 0 Å². The minimum absolute atomic E-state index is 0.0867. The van der Waals surface area contributed by atoms with E-state index in [1.54, 1.807) is 11.2 Å². The molecule has 0 spiro atoms. The molecule has 1 aliphatic rings. The summed E-state index contributed by atoms with van der Waals surface area (Å²) in [5.74, 6) is 8.38. The van der Waals surface area contributed by atoms with E-state index in [1.807, 2.05) is 67.1 Å². The van der Waals surface area contributed by atoms with Crippen molar-refractivity contribution in [2.75, 3.05) is 11.9 Å². The zero-order chi connectivity index (χ0) is 28.3. The van der Waals surface area contributed by atoms with E-state index < -0.39 is 0 Å². The molecule has 6 rings (SSSR count). The van der Waals surface area contributed by atoms with Gasteiger partial charge in [-0.3, -0.25) is 4.79 Å². The number of aryl methyl sites for hydroxylation is 2. The van der Waals surface area contributed by atoms with E-state index in [0.29, 0.717) is 29.1 Å². The summed E-state index contributed by atoms with van der Waals surface area (Å²) in [6.45, 7) is 6.31. The first-order valence-corrected chi connectivity index (χ1v) is 13.5. The van der Waals surface area contributed by atoms with Gasteiger partial charge in [0.05, 0.1) is 28.9 Å². The van der Waals surface area contributed by atoms with Crippen molar-refractivity contribution in [3.8, 4) is 23.3 Å². The summed E-state index contributed by atoms with van der Waals surface area (Å²) < 4.78 is 8.14. The number of piperidine rings is 1. The van der Waals surface area contributed by atoms with Crippen LogP contribution in [-0.2, 0) is 11.8 Å². The molecular formula is C32H29N7O2. The number of fused-ring (bicyclic) bond motifs is 2. The number of hydrogen-bond acceptors (Lipinski definition) is 7. The van der Waals surface area contributed by atoms with Gasteiger partial charge in [-0.1, -0.05) is 12.5 Å². The number of anilines is 2. The van der Waals surface area contributed by atoms with Gasteiger partial charge in [0.25, 0.3) is 0 Å². The summed E-state index contributed by atoms with van der Waals surface area (Å²) in [6, 6.07) is 15.3. The van der Waals surface area contributed by atoms with Gasteiger partial charge in [-0.05, 0) is 86.2 Å². The minimum Gasteiger partial charge on any atom is -0.457 e. The number of carbonyl (C=O) groups is 1. The monoisotopic (exact) mass is 543 g/mol. The third-order valence-electron chi connectivity index (χ3n) is 7.17. The van der Waals surface area contributed by atoms with Gasteiger partial charge in [0.15, 0.2) is 5.82 Å². The Morgan fingerprint density at radius 1 is 1.10 bits per heavy atom. The Morgan fingerprint density at radius 2 is 2.00 bits per heavy atom. The number of benzene rings is 2. The van der Waals surface area contributed by atoms with Crippen molar-refractivity contribution in [3.63, 3.8) is 0 Å². The lowest BCUT2D eigenvalue weighted by Crippen LogP contribution is -2.42. The number of nitrogens with one attached hydrogen (secondary N) is 1. The summed E-state index contributed by atoms with van der Waals surface area (Å²) >= 11 is 0. The molecule has 0 unspecified atom stereocenters. The number of carbonyl (C=O) groups excluding carboxylic acids is 1. The Balaban J connectivity index is 1.22. The third-order valence-corrected chi connectivity index (χ3v) is 7.17. The fraction of sp³-hybridized carbons (Fsp3) is 0.219. The van der Waals surface area contributed by atoms with Crippen LogP contribution in [0.4, 0.5) is 11.5 Å². The Bertz CT molecular complexity index is 1850. The second kappa shape index (κ2) is 11.1. The van der Waals surface area contributed by atoms with Gasteiger partial charge in [0.1, 0.15) is 29.0 Å². The van der Waals surface area contributed by atoms with E-state index >= 15 is 0 Å². The van der Waals surface area contributed by atoms with E-state index in [4.69, 9.17) is 9.72 Å². The highest BCUT2D eigenvalue weighted by molar-refractivity contribution is 5.88. The van der Waals surface area contributed by atoms with Crippen LogP contribution in [0.2, 0.25) is 0 Å². The minimum atomic E-state index is -0.147. The molecule has 9 heteroatoms. The maximum absolute atomic E-state index is 12.3. The first-order valence-electron chi connectivity index (χ1n) is 13.5. The van der Waals surface area contributed by atoms with Crippen molar-refractivity contribution in [1.29, 1.82) is 0 Å². The number of imidazole rings is 1. The molecule has 1 saturated heterocycles. The molecule has 0 saturated carbocycles. The van der Waals surface area contributed by atoms with Crippen molar-refractivity contribution < 1.29 is 9.53 Å². The van der Waals surface area contributed by atoms with Gasteiger partial charge in [-0.25, -0.2) is 19.9 Å². The van der Waals surface area contributed by atoms with Crippen LogP contribution in [0.5, 0.6) is 11.5 Å². The van der Waals surface area contributed by atoms with Crippen LogP contribution in [0, 0.1) is 18.8 Å². The number of likely N-dealkylation sites (tertiary alicyclic amines) is 1. The van der Waals surface area contributed by atoms with Crippen LogP contribution in [0.3, 0.4) is 0 Å². The number of hydrogen-bond donors (Lipinski definition) is 1. The van der Waals surface area contributed by atoms with Crippen LogP contribution in [0.1, 0.15) is 30.5 Å². The first-order chi connectivity index (χ1) is 20.0. The zero-order valence-corrected chi connectivity index (χ0v) is 23.0. The van der Waals surface area contributed by atoms with Crippen molar-refractivity contribution in [2.24, 2.45) is 7.05 Å². The standard InChI is InChI=1S/C32H29N7O2/c1-4-30(40)39-16-6-5-7-24(39)11-8-22-9-13-26-31(36-22)32(34-19-33-26)37-23-10-15-29(21(2)17-23)41-25-12-14-28-27(18-25)35-20-38(28)3/h4,9-10,12-15,17-20,24H,1,5-7,16H2,2-3H3,(H,33,34,37)/t24-/m1/s1. The molecule has 0 bridgehead atoms. The molecule has 1 atom stereocenters. The quantitative estimate of drug-likeness (QED) is 0.225. The number of nitrogens with zero attached hydrogens (tertiary/aromatic N) is 6. The molecule has 0 aliphatic carbocycles. The topological polar surface area (TPSA) is 98.1 Å². The molecule has 1 aliphatic heterocycles. The fourth-order valence-electron chi connectivity index (χ4n) is 5.01. The third kappa shape index (κ3) is 5.45. The number of pyridine rings is 1. The van der Waals surface area contributed by atoms with Crippen LogP contribution >= 0.6 is 0 Å². The normalized spacial score (nSPS) is 14.9. The summed E-state index contributed by atoms with van der Waals surface area (Å²) in [5, 5.41) is 3.37. The Labute approximate surface area is 237 Å². The lowest BCUT2D eigenvalue weighted by Gasteiger charge is -2.31. The van der Waals surface area contributed by atoms with Gasteiger partial charge in [0, 0.05) is 25.3 Å². The molecular weight excluding hydrogens is 514 g/mol. The van der Waals surface area contributed by atoms with Crippen LogP contribution < -0.4 is 10.1 Å². The molecule has 5 aromatic rings. The Kier molecular flexibility index (Phi) is 7.04. The first kappa shape index (κ1) is 26.0. The number of rotatable bonds is 5. The molecule has 1 fully saturated rings. The highest BCUT2D eigenvalue weighted by Gasteiger charge is 2.23. The molecule has 0 radical (unpaired) electrons. The lowest BCUT2D eigenvalue weighted by molar-refractivity contribution is -0.128. The zero-order valence-electron chi connectivity index (χ0n) is 23.0.